The van der Waals surface area contributed by atoms with E-state index < -0.39 is 17.9 Å². The van der Waals surface area contributed by atoms with Gasteiger partial charge in [-0.25, -0.2) is 4.79 Å². The summed E-state index contributed by atoms with van der Waals surface area (Å²) in [4.78, 5) is 39.5. The van der Waals surface area contributed by atoms with Crippen LogP contribution in [0.4, 0.5) is 0 Å². The highest BCUT2D eigenvalue weighted by Crippen LogP contribution is 2.22. The Morgan fingerprint density at radius 1 is 1.24 bits per heavy atom. The second-order valence-corrected chi connectivity index (χ2v) is 8.72. The molecule has 1 N–H and O–H groups in total. The summed E-state index contributed by atoms with van der Waals surface area (Å²) in [6.07, 6.45) is 5.32. The Bertz CT molecular complexity index is 720. The van der Waals surface area contributed by atoms with Crippen LogP contribution >= 0.6 is 23.4 Å². The van der Waals surface area contributed by atoms with Crippen molar-refractivity contribution >= 4 is 41.1 Å². The second kappa shape index (κ2) is 11.5. The minimum Gasteiger partial charge on any atom is -0.454 e. The average Bonchev–Trinajstić information content (AvgIpc) is 2.69. The van der Waals surface area contributed by atoms with Gasteiger partial charge in [0.1, 0.15) is 6.04 Å². The van der Waals surface area contributed by atoms with Gasteiger partial charge in [-0.15, -0.1) is 0 Å². The van der Waals surface area contributed by atoms with Crippen molar-refractivity contribution in [1.29, 1.82) is 0 Å². The lowest BCUT2D eigenvalue weighted by atomic mass is 9.97. The zero-order valence-electron chi connectivity index (χ0n) is 17.2. The fraction of sp³-hybridized carbons (Fsp3) is 0.571. The highest BCUT2D eigenvalue weighted by Gasteiger charge is 2.30. The molecule has 3 atom stereocenters. The summed E-state index contributed by atoms with van der Waals surface area (Å²) in [5.74, 6) is -0.580. The van der Waals surface area contributed by atoms with E-state index in [1.165, 1.54) is 0 Å². The van der Waals surface area contributed by atoms with Gasteiger partial charge in [-0.3, -0.25) is 9.59 Å². The lowest BCUT2D eigenvalue weighted by Crippen LogP contribution is -2.50. The van der Waals surface area contributed by atoms with E-state index in [9.17, 15) is 14.4 Å². The zero-order valence-corrected chi connectivity index (χ0v) is 18.7. The van der Waals surface area contributed by atoms with Crippen molar-refractivity contribution in [2.45, 2.75) is 57.7 Å². The molecule has 0 aromatic heterocycles. The van der Waals surface area contributed by atoms with Gasteiger partial charge in [0.2, 0.25) is 0 Å². The van der Waals surface area contributed by atoms with Crippen LogP contribution in [0.1, 0.15) is 49.9 Å². The third-order valence-electron chi connectivity index (χ3n) is 5.14. The standard InChI is InChI=1S/C21H29ClN2O4S/c1-14-7-6-8-15(2)24(14)19(25)13-28-21(27)18(11-12-29-3)23-20(26)16-9-4-5-10-17(16)22/h4-5,9-10,14-15,18H,6-8,11-13H2,1-3H3,(H,23,26). The first-order valence-electron chi connectivity index (χ1n) is 9.87. The summed E-state index contributed by atoms with van der Waals surface area (Å²) >= 11 is 7.63. The molecule has 3 unspecified atom stereocenters. The fourth-order valence-corrected chi connectivity index (χ4v) is 4.28. The van der Waals surface area contributed by atoms with Gasteiger partial charge in [0.05, 0.1) is 10.6 Å². The number of esters is 1. The molecule has 8 heteroatoms. The number of carbonyl (C=O) groups is 3. The molecule has 1 aromatic carbocycles. The molecule has 1 saturated heterocycles. The van der Waals surface area contributed by atoms with Gasteiger partial charge in [-0.05, 0) is 63.7 Å². The van der Waals surface area contributed by atoms with Crippen LogP contribution in [-0.2, 0) is 14.3 Å². The maximum Gasteiger partial charge on any atom is 0.329 e. The lowest BCUT2D eigenvalue weighted by molar-refractivity contribution is -0.156. The van der Waals surface area contributed by atoms with Crippen molar-refractivity contribution in [3.8, 4) is 0 Å². The van der Waals surface area contributed by atoms with Crippen LogP contribution in [0.5, 0.6) is 0 Å². The van der Waals surface area contributed by atoms with Gasteiger partial charge in [0, 0.05) is 12.1 Å². The molecular formula is C21H29ClN2O4S. The smallest absolute Gasteiger partial charge is 0.329 e. The third kappa shape index (κ3) is 6.64. The average molecular weight is 441 g/mol. The van der Waals surface area contributed by atoms with Gasteiger partial charge in [0.15, 0.2) is 6.61 Å². The van der Waals surface area contributed by atoms with Gasteiger partial charge in [0.25, 0.3) is 11.8 Å². The number of ether oxygens (including phenoxy) is 1. The van der Waals surface area contributed by atoms with Gasteiger partial charge < -0.3 is 15.0 Å². The Morgan fingerprint density at radius 2 is 1.90 bits per heavy atom. The highest BCUT2D eigenvalue weighted by molar-refractivity contribution is 7.98. The second-order valence-electron chi connectivity index (χ2n) is 7.33. The largest absolute Gasteiger partial charge is 0.454 e. The molecule has 1 aromatic rings. The van der Waals surface area contributed by atoms with Crippen LogP contribution in [0, 0.1) is 0 Å². The van der Waals surface area contributed by atoms with Crippen LogP contribution in [-0.4, -0.2) is 59.4 Å². The molecule has 1 fully saturated rings. The molecule has 1 heterocycles. The van der Waals surface area contributed by atoms with Crippen molar-refractivity contribution in [2.75, 3.05) is 18.6 Å². The number of hydrogen-bond donors (Lipinski definition) is 1. The first-order chi connectivity index (χ1) is 13.8. The highest BCUT2D eigenvalue weighted by atomic mass is 35.5. The van der Waals surface area contributed by atoms with Gasteiger partial charge >= 0.3 is 5.97 Å². The van der Waals surface area contributed by atoms with Gasteiger partial charge in [-0.1, -0.05) is 23.7 Å². The molecule has 0 spiro atoms. The number of hydrogen-bond acceptors (Lipinski definition) is 5. The lowest BCUT2D eigenvalue weighted by Gasteiger charge is -2.38. The molecule has 2 rings (SSSR count). The van der Waals surface area contributed by atoms with E-state index in [1.807, 2.05) is 20.1 Å². The van der Waals surface area contributed by atoms with Crippen molar-refractivity contribution in [3.63, 3.8) is 0 Å². The number of halogens is 1. The number of thioether (sulfide) groups is 1. The predicted molar refractivity (Wildman–Crippen MR) is 116 cm³/mol. The molecule has 1 aliphatic rings. The number of piperidine rings is 1. The fourth-order valence-electron chi connectivity index (χ4n) is 3.59. The number of carbonyl (C=O) groups excluding carboxylic acids is 3. The van der Waals surface area contributed by atoms with E-state index in [-0.39, 0.29) is 24.6 Å². The minimum atomic E-state index is -0.838. The number of likely N-dealkylation sites (tertiary alicyclic amines) is 1. The first-order valence-corrected chi connectivity index (χ1v) is 11.6. The van der Waals surface area contributed by atoms with E-state index in [4.69, 9.17) is 16.3 Å². The van der Waals surface area contributed by atoms with Crippen molar-refractivity contribution in [2.24, 2.45) is 0 Å². The van der Waals surface area contributed by atoms with Crippen LogP contribution in [0.25, 0.3) is 0 Å². The van der Waals surface area contributed by atoms with E-state index in [0.29, 0.717) is 22.8 Å². The number of amides is 2. The third-order valence-corrected chi connectivity index (χ3v) is 6.11. The van der Waals surface area contributed by atoms with Gasteiger partial charge in [-0.2, -0.15) is 11.8 Å². The molecule has 160 valence electrons. The van der Waals surface area contributed by atoms with E-state index in [0.717, 1.165) is 19.3 Å². The molecule has 0 radical (unpaired) electrons. The molecule has 2 amide bonds. The quantitative estimate of drug-likeness (QED) is 0.626. The topological polar surface area (TPSA) is 75.7 Å². The molecule has 6 nitrogen and oxygen atoms in total. The Labute approximate surface area is 181 Å². The van der Waals surface area contributed by atoms with Crippen LogP contribution in [0.15, 0.2) is 24.3 Å². The minimum absolute atomic E-state index is 0.136. The molecule has 0 aliphatic carbocycles. The summed E-state index contributed by atoms with van der Waals surface area (Å²) < 4.78 is 5.29. The maximum absolute atomic E-state index is 12.6. The van der Waals surface area contributed by atoms with Crippen LogP contribution in [0.2, 0.25) is 5.02 Å². The molecule has 29 heavy (non-hydrogen) atoms. The molecular weight excluding hydrogens is 412 g/mol. The number of nitrogens with zero attached hydrogens (tertiary/aromatic N) is 1. The van der Waals surface area contributed by atoms with Crippen molar-refractivity contribution in [3.05, 3.63) is 34.9 Å². The Hall–Kier alpha value is -1.73. The Morgan fingerprint density at radius 3 is 2.52 bits per heavy atom. The number of benzene rings is 1. The van der Waals surface area contributed by atoms with Crippen LogP contribution < -0.4 is 5.32 Å². The summed E-state index contributed by atoms with van der Waals surface area (Å²) in [6, 6.07) is 6.08. The van der Waals surface area contributed by atoms with Crippen molar-refractivity contribution < 1.29 is 19.1 Å². The molecule has 1 aliphatic heterocycles. The van der Waals surface area contributed by atoms with E-state index in [2.05, 4.69) is 5.32 Å². The first kappa shape index (κ1) is 23.5. The van der Waals surface area contributed by atoms with Crippen molar-refractivity contribution in [1.82, 2.24) is 10.2 Å². The zero-order chi connectivity index (χ0) is 21.4. The van der Waals surface area contributed by atoms with Crippen LogP contribution in [0.3, 0.4) is 0 Å². The monoisotopic (exact) mass is 440 g/mol. The summed E-state index contributed by atoms with van der Waals surface area (Å²) in [5, 5.41) is 3.00. The number of rotatable bonds is 8. The summed E-state index contributed by atoms with van der Waals surface area (Å²) in [6.45, 7) is 3.71. The summed E-state index contributed by atoms with van der Waals surface area (Å²) in [5.41, 5.74) is 0.295. The molecule has 0 bridgehead atoms. The maximum atomic E-state index is 12.6. The van der Waals surface area contributed by atoms with E-state index >= 15 is 0 Å². The van der Waals surface area contributed by atoms with E-state index in [1.54, 1.807) is 40.9 Å². The Kier molecular flexibility index (Phi) is 9.30. The normalized spacial score (nSPS) is 20.1. The Balaban J connectivity index is 1.98. The number of nitrogens with one attached hydrogen (secondary N) is 1. The predicted octanol–water partition coefficient (Wildman–Crippen LogP) is 3.52. The summed E-state index contributed by atoms with van der Waals surface area (Å²) in [7, 11) is 0. The molecule has 0 saturated carbocycles. The SMILES string of the molecule is CSCCC(NC(=O)c1ccccc1Cl)C(=O)OCC(=O)N1C(C)CCCC1C.